The average Bonchev–Trinajstić information content (AvgIpc) is 2.97. The number of hydrogen-bond acceptors (Lipinski definition) is 4. The molecular formula is C16H14N2OS. The number of benzene rings is 2. The zero-order valence-electron chi connectivity index (χ0n) is 11.0. The van der Waals surface area contributed by atoms with Crippen molar-refractivity contribution in [2.45, 2.75) is 0 Å². The minimum atomic E-state index is 0.745. The topological polar surface area (TPSA) is 48.1 Å². The predicted octanol–water partition coefficient (Wildman–Crippen LogP) is 4.07. The average molecular weight is 282 g/mol. The molecule has 0 saturated carbocycles. The van der Waals surface area contributed by atoms with Crippen molar-refractivity contribution < 1.29 is 4.74 Å². The van der Waals surface area contributed by atoms with Crippen molar-refractivity contribution in [1.82, 2.24) is 4.98 Å². The van der Waals surface area contributed by atoms with Crippen LogP contribution in [0.4, 0.5) is 5.69 Å². The van der Waals surface area contributed by atoms with Crippen molar-refractivity contribution in [2.75, 3.05) is 12.8 Å². The highest BCUT2D eigenvalue weighted by atomic mass is 32.1. The van der Waals surface area contributed by atoms with Crippen molar-refractivity contribution in [1.29, 1.82) is 0 Å². The lowest BCUT2D eigenvalue weighted by atomic mass is 10.1. The molecular weight excluding hydrogens is 268 g/mol. The van der Waals surface area contributed by atoms with Crippen LogP contribution in [0.5, 0.6) is 5.75 Å². The van der Waals surface area contributed by atoms with Gasteiger partial charge in [-0.3, -0.25) is 0 Å². The summed E-state index contributed by atoms with van der Waals surface area (Å²) in [4.78, 5) is 4.67. The van der Waals surface area contributed by atoms with Gasteiger partial charge < -0.3 is 10.5 Å². The highest BCUT2D eigenvalue weighted by Gasteiger charge is 2.09. The minimum Gasteiger partial charge on any atom is -0.497 e. The smallest absolute Gasteiger partial charge is 0.124 e. The third kappa shape index (κ3) is 2.38. The number of thiazole rings is 1. The normalized spacial score (nSPS) is 10.4. The number of nitrogens with zero attached hydrogens (tertiary/aromatic N) is 1. The van der Waals surface area contributed by atoms with E-state index in [9.17, 15) is 0 Å². The number of methoxy groups -OCH3 is 1. The Morgan fingerprint density at radius 1 is 1.10 bits per heavy atom. The highest BCUT2D eigenvalue weighted by Crippen LogP contribution is 2.32. The van der Waals surface area contributed by atoms with Crippen molar-refractivity contribution in [3.05, 3.63) is 53.9 Å². The van der Waals surface area contributed by atoms with Gasteiger partial charge in [0.25, 0.3) is 0 Å². The summed E-state index contributed by atoms with van der Waals surface area (Å²) in [6.07, 6.45) is 0. The van der Waals surface area contributed by atoms with Crippen LogP contribution in [-0.4, -0.2) is 12.1 Å². The molecule has 0 fully saturated rings. The number of para-hydroxylation sites is 1. The van der Waals surface area contributed by atoms with Crippen LogP contribution in [0, 0.1) is 0 Å². The van der Waals surface area contributed by atoms with Gasteiger partial charge in [-0.15, -0.1) is 11.3 Å². The third-order valence-corrected chi connectivity index (χ3v) is 3.95. The van der Waals surface area contributed by atoms with Crippen LogP contribution < -0.4 is 10.5 Å². The summed E-state index contributed by atoms with van der Waals surface area (Å²) < 4.78 is 5.24. The Morgan fingerprint density at radius 2 is 1.95 bits per heavy atom. The molecule has 0 spiro atoms. The van der Waals surface area contributed by atoms with Gasteiger partial charge in [-0.05, 0) is 18.2 Å². The second kappa shape index (κ2) is 5.35. The van der Waals surface area contributed by atoms with Crippen LogP contribution in [0.1, 0.15) is 0 Å². The Labute approximate surface area is 121 Å². The van der Waals surface area contributed by atoms with Gasteiger partial charge >= 0.3 is 0 Å². The maximum Gasteiger partial charge on any atom is 0.124 e. The molecule has 0 aliphatic heterocycles. The number of rotatable bonds is 3. The van der Waals surface area contributed by atoms with Gasteiger partial charge in [0.15, 0.2) is 0 Å². The first-order chi connectivity index (χ1) is 9.78. The molecule has 3 rings (SSSR count). The molecule has 1 heterocycles. The Morgan fingerprint density at radius 3 is 2.75 bits per heavy atom. The largest absolute Gasteiger partial charge is 0.497 e. The third-order valence-electron chi connectivity index (χ3n) is 3.06. The van der Waals surface area contributed by atoms with Gasteiger partial charge in [0.05, 0.1) is 12.8 Å². The highest BCUT2D eigenvalue weighted by molar-refractivity contribution is 7.13. The van der Waals surface area contributed by atoms with Crippen LogP contribution in [0.25, 0.3) is 21.8 Å². The molecule has 0 amide bonds. The number of hydrogen-bond donors (Lipinski definition) is 1. The zero-order valence-corrected chi connectivity index (χ0v) is 11.9. The van der Waals surface area contributed by atoms with Crippen molar-refractivity contribution >= 4 is 17.0 Å². The maximum absolute atomic E-state index is 5.99. The van der Waals surface area contributed by atoms with E-state index in [2.05, 4.69) is 4.98 Å². The van der Waals surface area contributed by atoms with Gasteiger partial charge in [0, 0.05) is 22.2 Å². The molecule has 0 radical (unpaired) electrons. The Hall–Kier alpha value is -2.33. The number of nitrogens with two attached hydrogens (primary N) is 1. The quantitative estimate of drug-likeness (QED) is 0.737. The van der Waals surface area contributed by atoms with Gasteiger partial charge in [-0.25, -0.2) is 4.98 Å². The van der Waals surface area contributed by atoms with E-state index in [1.807, 2.05) is 53.9 Å². The van der Waals surface area contributed by atoms with E-state index in [0.717, 1.165) is 33.3 Å². The first-order valence-corrected chi connectivity index (χ1v) is 7.11. The molecule has 4 heteroatoms. The lowest BCUT2D eigenvalue weighted by Gasteiger charge is -2.02. The van der Waals surface area contributed by atoms with Crippen LogP contribution in [0.15, 0.2) is 53.9 Å². The number of aromatic nitrogens is 1. The second-order valence-electron chi connectivity index (χ2n) is 4.36. The van der Waals surface area contributed by atoms with Gasteiger partial charge in [0.2, 0.25) is 0 Å². The minimum absolute atomic E-state index is 0.745. The summed E-state index contributed by atoms with van der Waals surface area (Å²) >= 11 is 1.60. The molecule has 0 aliphatic carbocycles. The first kappa shape index (κ1) is 12.7. The summed E-state index contributed by atoms with van der Waals surface area (Å²) in [7, 11) is 1.66. The fourth-order valence-electron chi connectivity index (χ4n) is 2.02. The van der Waals surface area contributed by atoms with Crippen LogP contribution in [-0.2, 0) is 0 Å². The van der Waals surface area contributed by atoms with Crippen molar-refractivity contribution in [2.24, 2.45) is 0 Å². The molecule has 100 valence electrons. The molecule has 2 N–H and O–H groups in total. The molecule has 0 bridgehead atoms. The molecule has 20 heavy (non-hydrogen) atoms. The van der Waals surface area contributed by atoms with Gasteiger partial charge in [0.1, 0.15) is 10.8 Å². The fraction of sp³-hybridized carbons (Fsp3) is 0.0625. The zero-order chi connectivity index (χ0) is 13.9. The maximum atomic E-state index is 5.99. The summed E-state index contributed by atoms with van der Waals surface area (Å²) in [5.74, 6) is 0.832. The predicted molar refractivity (Wildman–Crippen MR) is 84.0 cm³/mol. The monoisotopic (exact) mass is 282 g/mol. The molecule has 0 atom stereocenters. The first-order valence-electron chi connectivity index (χ1n) is 6.23. The standard InChI is InChI=1S/C16H14N2OS/c1-19-12-6-4-5-11(9-12)16-18-15(10-20-16)13-7-2-3-8-14(13)17/h2-10H,17H2,1H3. The molecule has 0 saturated heterocycles. The van der Waals surface area contributed by atoms with Gasteiger partial charge in [-0.2, -0.15) is 0 Å². The summed E-state index contributed by atoms with van der Waals surface area (Å²) in [5.41, 5.74) is 9.67. The molecule has 3 nitrogen and oxygen atoms in total. The van der Waals surface area contributed by atoms with E-state index in [4.69, 9.17) is 10.5 Å². The molecule has 0 aliphatic rings. The number of ether oxygens (including phenoxy) is 1. The van der Waals surface area contributed by atoms with E-state index < -0.39 is 0 Å². The molecule has 1 aromatic heterocycles. The summed E-state index contributed by atoms with van der Waals surface area (Å²) in [6.45, 7) is 0. The molecule has 3 aromatic rings. The Bertz CT molecular complexity index is 737. The van der Waals surface area contributed by atoms with E-state index in [0.29, 0.717) is 0 Å². The summed E-state index contributed by atoms with van der Waals surface area (Å²) in [6, 6.07) is 15.7. The number of anilines is 1. The second-order valence-corrected chi connectivity index (χ2v) is 5.22. The van der Waals surface area contributed by atoms with E-state index in [1.54, 1.807) is 18.4 Å². The molecule has 2 aromatic carbocycles. The van der Waals surface area contributed by atoms with Crippen molar-refractivity contribution in [3.8, 4) is 27.6 Å². The van der Waals surface area contributed by atoms with Crippen molar-refractivity contribution in [3.63, 3.8) is 0 Å². The Kier molecular flexibility index (Phi) is 3.39. The number of nitrogen functional groups attached to an aromatic ring is 1. The van der Waals surface area contributed by atoms with E-state index >= 15 is 0 Å². The van der Waals surface area contributed by atoms with E-state index in [-0.39, 0.29) is 0 Å². The van der Waals surface area contributed by atoms with Crippen LogP contribution >= 0.6 is 11.3 Å². The van der Waals surface area contributed by atoms with Crippen LogP contribution in [0.3, 0.4) is 0 Å². The molecule has 0 unspecified atom stereocenters. The van der Waals surface area contributed by atoms with E-state index in [1.165, 1.54) is 0 Å². The lowest BCUT2D eigenvalue weighted by molar-refractivity contribution is 0.415. The Balaban J connectivity index is 2.00. The van der Waals surface area contributed by atoms with Crippen LogP contribution in [0.2, 0.25) is 0 Å². The van der Waals surface area contributed by atoms with Gasteiger partial charge in [-0.1, -0.05) is 30.3 Å². The SMILES string of the molecule is COc1cccc(-c2nc(-c3ccccc3N)cs2)c1. The lowest BCUT2D eigenvalue weighted by Crippen LogP contribution is -1.89. The summed E-state index contributed by atoms with van der Waals surface area (Å²) in [5, 5.41) is 2.99. The fourth-order valence-corrected chi connectivity index (χ4v) is 2.83.